The van der Waals surface area contributed by atoms with E-state index in [1.54, 1.807) is 11.0 Å². The second-order valence-corrected chi connectivity index (χ2v) is 8.77. The average Bonchev–Trinajstić information content (AvgIpc) is 2.79. The number of nitrogens with zero attached hydrogens (tertiary/aromatic N) is 1. The van der Waals surface area contributed by atoms with E-state index in [2.05, 4.69) is 17.4 Å². The number of nitrogens with one attached hydrogen (secondary N) is 1. The van der Waals surface area contributed by atoms with Gasteiger partial charge in [0.1, 0.15) is 6.04 Å². The van der Waals surface area contributed by atoms with Crippen molar-refractivity contribution in [3.63, 3.8) is 0 Å². The van der Waals surface area contributed by atoms with Crippen LogP contribution in [0.2, 0.25) is 5.02 Å². The molecule has 0 unspecified atom stereocenters. The van der Waals surface area contributed by atoms with Gasteiger partial charge in [-0.25, -0.2) is 0 Å². The Bertz CT molecular complexity index is 849. The molecular formula is C26H33ClN2O2. The van der Waals surface area contributed by atoms with Crippen molar-refractivity contribution in [2.24, 2.45) is 0 Å². The van der Waals surface area contributed by atoms with Crippen molar-refractivity contribution >= 4 is 23.4 Å². The first kappa shape index (κ1) is 23.3. The van der Waals surface area contributed by atoms with E-state index in [0.29, 0.717) is 24.4 Å². The minimum atomic E-state index is -0.472. The molecule has 1 aliphatic carbocycles. The van der Waals surface area contributed by atoms with Gasteiger partial charge in [-0.05, 0) is 42.9 Å². The number of halogens is 1. The Morgan fingerprint density at radius 1 is 1.03 bits per heavy atom. The van der Waals surface area contributed by atoms with Gasteiger partial charge in [0.2, 0.25) is 11.8 Å². The molecule has 31 heavy (non-hydrogen) atoms. The maximum absolute atomic E-state index is 13.4. The first-order valence-electron chi connectivity index (χ1n) is 11.5. The average molecular weight is 441 g/mol. The van der Waals surface area contributed by atoms with Gasteiger partial charge in [-0.2, -0.15) is 0 Å². The van der Waals surface area contributed by atoms with E-state index in [1.165, 1.54) is 6.42 Å². The number of hydrogen-bond donors (Lipinski definition) is 1. The summed E-state index contributed by atoms with van der Waals surface area (Å²) < 4.78 is 0. The molecule has 1 N–H and O–H groups in total. The number of carbonyl (C=O) groups is 2. The number of benzene rings is 2. The highest BCUT2D eigenvalue weighted by Crippen LogP contribution is 2.20. The van der Waals surface area contributed by atoms with Gasteiger partial charge in [-0.3, -0.25) is 9.59 Å². The van der Waals surface area contributed by atoms with E-state index in [4.69, 9.17) is 11.6 Å². The number of carbonyl (C=O) groups excluding carboxylic acids is 2. The predicted molar refractivity (Wildman–Crippen MR) is 126 cm³/mol. The molecule has 0 spiro atoms. The molecule has 1 fully saturated rings. The third-order valence-corrected chi connectivity index (χ3v) is 6.49. The largest absolute Gasteiger partial charge is 0.352 e. The van der Waals surface area contributed by atoms with E-state index in [1.807, 2.05) is 43.3 Å². The lowest BCUT2D eigenvalue weighted by molar-refractivity contribution is -0.140. The molecule has 0 bridgehead atoms. The lowest BCUT2D eigenvalue weighted by atomic mass is 9.95. The second-order valence-electron chi connectivity index (χ2n) is 8.36. The van der Waals surface area contributed by atoms with Crippen molar-refractivity contribution in [1.29, 1.82) is 0 Å². The highest BCUT2D eigenvalue weighted by Gasteiger charge is 2.30. The maximum atomic E-state index is 13.4. The van der Waals surface area contributed by atoms with Gasteiger partial charge >= 0.3 is 0 Å². The van der Waals surface area contributed by atoms with Crippen LogP contribution in [0.4, 0.5) is 0 Å². The zero-order valence-corrected chi connectivity index (χ0v) is 19.1. The minimum absolute atomic E-state index is 0.0324. The SMILES string of the molecule is CC[C@@H](C(=O)NC1CCCCC1)N(CCc1ccccc1)C(=O)Cc1ccccc1Cl. The molecular weight excluding hydrogens is 408 g/mol. The number of amides is 2. The van der Waals surface area contributed by atoms with Crippen LogP contribution in [0.5, 0.6) is 0 Å². The zero-order valence-electron chi connectivity index (χ0n) is 18.4. The Morgan fingerprint density at radius 3 is 2.39 bits per heavy atom. The number of rotatable bonds is 9. The summed E-state index contributed by atoms with van der Waals surface area (Å²) in [5.41, 5.74) is 1.95. The van der Waals surface area contributed by atoms with Crippen LogP contribution in [0.25, 0.3) is 0 Å². The van der Waals surface area contributed by atoms with E-state index < -0.39 is 6.04 Å². The van der Waals surface area contributed by atoms with Crippen LogP contribution in [-0.4, -0.2) is 35.3 Å². The summed E-state index contributed by atoms with van der Waals surface area (Å²) in [7, 11) is 0. The summed E-state index contributed by atoms with van der Waals surface area (Å²) in [5.74, 6) is -0.0929. The lowest BCUT2D eigenvalue weighted by Gasteiger charge is -2.33. The normalized spacial score (nSPS) is 15.3. The standard InChI is InChI=1S/C26H33ClN2O2/c1-2-24(26(31)28-22-14-7-4-8-15-22)29(18-17-20-11-5-3-6-12-20)25(30)19-21-13-9-10-16-23(21)27/h3,5-6,9-13,16,22,24H,2,4,7-8,14-15,17-19H2,1H3,(H,28,31)/t24-/m0/s1. The van der Waals surface area contributed by atoms with Gasteiger partial charge in [0, 0.05) is 17.6 Å². The summed E-state index contributed by atoms with van der Waals surface area (Å²) in [6, 6.07) is 17.3. The lowest BCUT2D eigenvalue weighted by Crippen LogP contribution is -2.52. The van der Waals surface area contributed by atoms with Gasteiger partial charge in [0.05, 0.1) is 6.42 Å². The third kappa shape index (κ3) is 6.83. The highest BCUT2D eigenvalue weighted by atomic mass is 35.5. The molecule has 3 rings (SSSR count). The smallest absolute Gasteiger partial charge is 0.243 e. The van der Waals surface area contributed by atoms with E-state index in [9.17, 15) is 9.59 Å². The fraction of sp³-hybridized carbons (Fsp3) is 0.462. The van der Waals surface area contributed by atoms with Crippen LogP contribution < -0.4 is 5.32 Å². The molecule has 2 aromatic rings. The summed E-state index contributed by atoms with van der Waals surface area (Å²) >= 11 is 6.30. The first-order valence-corrected chi connectivity index (χ1v) is 11.8. The van der Waals surface area contributed by atoms with Crippen molar-refractivity contribution in [2.45, 2.75) is 70.4 Å². The van der Waals surface area contributed by atoms with E-state index in [0.717, 1.165) is 36.8 Å². The fourth-order valence-electron chi connectivity index (χ4n) is 4.35. The summed E-state index contributed by atoms with van der Waals surface area (Å²) in [6.45, 7) is 2.48. The van der Waals surface area contributed by atoms with Crippen LogP contribution in [-0.2, 0) is 22.4 Å². The van der Waals surface area contributed by atoms with Gasteiger partial charge in [0.25, 0.3) is 0 Å². The van der Waals surface area contributed by atoms with Gasteiger partial charge in [0.15, 0.2) is 0 Å². The van der Waals surface area contributed by atoms with Crippen LogP contribution in [0.3, 0.4) is 0 Å². The van der Waals surface area contributed by atoms with Crippen LogP contribution in [0.15, 0.2) is 54.6 Å². The maximum Gasteiger partial charge on any atom is 0.243 e. The fourth-order valence-corrected chi connectivity index (χ4v) is 4.55. The topological polar surface area (TPSA) is 49.4 Å². The highest BCUT2D eigenvalue weighted by molar-refractivity contribution is 6.31. The Labute approximate surface area is 191 Å². The molecule has 2 amide bonds. The molecule has 1 saturated carbocycles. The Kier molecular flexibility index (Phi) is 8.96. The van der Waals surface area contributed by atoms with E-state index >= 15 is 0 Å². The molecule has 0 heterocycles. The van der Waals surface area contributed by atoms with Crippen molar-refractivity contribution in [1.82, 2.24) is 10.2 Å². The van der Waals surface area contributed by atoms with Crippen molar-refractivity contribution < 1.29 is 9.59 Å². The third-order valence-electron chi connectivity index (χ3n) is 6.12. The molecule has 166 valence electrons. The summed E-state index contributed by atoms with van der Waals surface area (Å²) in [4.78, 5) is 28.3. The molecule has 0 aromatic heterocycles. The molecule has 0 radical (unpaired) electrons. The molecule has 1 aliphatic rings. The number of hydrogen-bond acceptors (Lipinski definition) is 2. The van der Waals surface area contributed by atoms with Gasteiger partial charge in [-0.1, -0.05) is 86.3 Å². The summed E-state index contributed by atoms with van der Waals surface area (Å²) in [5, 5.41) is 3.80. The molecule has 1 atom stereocenters. The van der Waals surface area contributed by atoms with Crippen LogP contribution in [0.1, 0.15) is 56.6 Å². The molecule has 0 aliphatic heterocycles. The molecule has 4 nitrogen and oxygen atoms in total. The quantitative estimate of drug-likeness (QED) is 0.583. The van der Waals surface area contributed by atoms with Gasteiger partial charge < -0.3 is 10.2 Å². The Balaban J connectivity index is 1.75. The predicted octanol–water partition coefficient (Wildman–Crippen LogP) is 5.18. The van der Waals surface area contributed by atoms with Crippen LogP contribution in [0, 0.1) is 0 Å². The zero-order chi connectivity index (χ0) is 22.1. The molecule has 2 aromatic carbocycles. The second kappa shape index (κ2) is 11.9. The monoisotopic (exact) mass is 440 g/mol. The first-order chi connectivity index (χ1) is 15.1. The minimum Gasteiger partial charge on any atom is -0.352 e. The molecule has 0 saturated heterocycles. The van der Waals surface area contributed by atoms with Crippen LogP contribution >= 0.6 is 11.6 Å². The Hall–Kier alpha value is -2.33. The molecule has 5 heteroatoms. The van der Waals surface area contributed by atoms with Gasteiger partial charge in [-0.15, -0.1) is 0 Å². The van der Waals surface area contributed by atoms with Crippen molar-refractivity contribution in [3.8, 4) is 0 Å². The summed E-state index contributed by atoms with van der Waals surface area (Å²) in [6.07, 6.45) is 7.10. The van der Waals surface area contributed by atoms with Crippen molar-refractivity contribution in [2.75, 3.05) is 6.54 Å². The van der Waals surface area contributed by atoms with E-state index in [-0.39, 0.29) is 24.3 Å². The Morgan fingerprint density at radius 2 is 1.71 bits per heavy atom. The van der Waals surface area contributed by atoms with Crippen molar-refractivity contribution in [3.05, 3.63) is 70.7 Å².